The Balaban J connectivity index is 1.96. The number of likely N-dealkylation sites (N-methyl/N-ethyl adjacent to an activating group) is 1. The van der Waals surface area contributed by atoms with Crippen LogP contribution in [0.4, 0.5) is 10.1 Å². The van der Waals surface area contributed by atoms with Crippen LogP contribution in [0, 0.1) is 5.82 Å². The number of amides is 1. The van der Waals surface area contributed by atoms with Crippen molar-refractivity contribution in [2.75, 3.05) is 12.4 Å². The van der Waals surface area contributed by atoms with Crippen molar-refractivity contribution in [2.24, 2.45) is 4.40 Å². The van der Waals surface area contributed by atoms with E-state index < -0.39 is 21.9 Å². The molecule has 1 aliphatic heterocycles. The Labute approximate surface area is 154 Å². The van der Waals surface area contributed by atoms with E-state index in [1.807, 2.05) is 0 Å². The third-order valence-electron chi connectivity index (χ3n) is 3.54. The first-order valence-electron chi connectivity index (χ1n) is 7.25. The normalized spacial score (nSPS) is 15.9. The fourth-order valence-electron chi connectivity index (χ4n) is 2.18. The molecule has 0 spiro atoms. The summed E-state index contributed by atoms with van der Waals surface area (Å²) in [5.74, 6) is -1.35. The molecule has 1 N–H and O–H groups in total. The standard InChI is InChI=1S/C16H12ClFN4O3S/c1-22-15(16(23)20-11-4-5-13(18)12(17)7-11)8-14(21-26(22,24)25)10-3-2-6-19-9-10/h2-9H,1H3,(H,20,23). The minimum Gasteiger partial charge on any atom is -0.321 e. The molecule has 1 aliphatic rings. The Morgan fingerprint density at radius 2 is 2.08 bits per heavy atom. The number of hydrogen-bond donors (Lipinski definition) is 1. The summed E-state index contributed by atoms with van der Waals surface area (Å²) in [5.41, 5.74) is 0.593. The van der Waals surface area contributed by atoms with Gasteiger partial charge in [0.1, 0.15) is 11.5 Å². The van der Waals surface area contributed by atoms with Crippen LogP contribution in [-0.4, -0.2) is 36.4 Å². The summed E-state index contributed by atoms with van der Waals surface area (Å²) in [7, 11) is -2.87. The summed E-state index contributed by atoms with van der Waals surface area (Å²) in [6.45, 7) is 0. The third kappa shape index (κ3) is 3.58. The topological polar surface area (TPSA) is 91.7 Å². The van der Waals surface area contributed by atoms with Gasteiger partial charge in [-0.15, -0.1) is 4.40 Å². The van der Waals surface area contributed by atoms with Crippen molar-refractivity contribution < 1.29 is 17.6 Å². The SMILES string of the molecule is CN1C(C(=O)Nc2ccc(F)c(Cl)c2)=CC(c2cccnc2)=NS1(=O)=O. The van der Waals surface area contributed by atoms with E-state index in [1.165, 1.54) is 37.7 Å². The lowest BCUT2D eigenvalue weighted by Gasteiger charge is -2.23. The number of halogens is 2. The Kier molecular flexibility index (Phi) is 4.75. The molecule has 0 saturated carbocycles. The number of hydrogen-bond acceptors (Lipinski definition) is 4. The van der Waals surface area contributed by atoms with Crippen LogP contribution >= 0.6 is 11.6 Å². The van der Waals surface area contributed by atoms with E-state index >= 15 is 0 Å². The molecule has 2 heterocycles. The van der Waals surface area contributed by atoms with Crippen LogP contribution in [0.3, 0.4) is 0 Å². The lowest BCUT2D eigenvalue weighted by Crippen LogP contribution is -2.35. The largest absolute Gasteiger partial charge is 0.345 e. The van der Waals surface area contributed by atoms with Crippen LogP contribution in [0.5, 0.6) is 0 Å². The van der Waals surface area contributed by atoms with Gasteiger partial charge in [-0.1, -0.05) is 11.6 Å². The quantitative estimate of drug-likeness (QED) is 0.865. The minimum atomic E-state index is -4.08. The maximum Gasteiger partial charge on any atom is 0.345 e. The predicted octanol–water partition coefficient (Wildman–Crippen LogP) is 2.38. The molecule has 2 aromatic rings. The molecule has 0 radical (unpaired) electrons. The number of nitrogens with zero attached hydrogens (tertiary/aromatic N) is 3. The highest BCUT2D eigenvalue weighted by atomic mass is 35.5. The highest BCUT2D eigenvalue weighted by Crippen LogP contribution is 2.23. The van der Waals surface area contributed by atoms with Gasteiger partial charge in [0.05, 0.1) is 10.7 Å². The molecule has 0 atom stereocenters. The molecule has 26 heavy (non-hydrogen) atoms. The maximum absolute atomic E-state index is 13.2. The van der Waals surface area contributed by atoms with Gasteiger partial charge in [0.25, 0.3) is 5.91 Å². The van der Waals surface area contributed by atoms with Gasteiger partial charge in [-0.05, 0) is 36.4 Å². The number of allylic oxidation sites excluding steroid dienone is 1. The van der Waals surface area contributed by atoms with Gasteiger partial charge in [0.15, 0.2) is 0 Å². The summed E-state index contributed by atoms with van der Waals surface area (Å²) < 4.78 is 42.2. The van der Waals surface area contributed by atoms with Crippen LogP contribution in [0.25, 0.3) is 0 Å². The molecular weight excluding hydrogens is 383 g/mol. The maximum atomic E-state index is 13.2. The van der Waals surface area contributed by atoms with Crippen molar-refractivity contribution in [1.82, 2.24) is 9.29 Å². The number of anilines is 1. The van der Waals surface area contributed by atoms with E-state index in [0.29, 0.717) is 5.56 Å². The summed E-state index contributed by atoms with van der Waals surface area (Å²) in [6.07, 6.45) is 4.30. The van der Waals surface area contributed by atoms with Gasteiger partial charge in [-0.3, -0.25) is 9.78 Å². The van der Waals surface area contributed by atoms with Gasteiger partial charge in [-0.25, -0.2) is 8.70 Å². The van der Waals surface area contributed by atoms with Gasteiger partial charge in [0.2, 0.25) is 0 Å². The zero-order chi connectivity index (χ0) is 18.9. The smallest absolute Gasteiger partial charge is 0.321 e. The number of nitrogens with one attached hydrogen (secondary N) is 1. The summed E-state index contributed by atoms with van der Waals surface area (Å²) >= 11 is 5.69. The van der Waals surface area contributed by atoms with E-state index in [9.17, 15) is 17.6 Å². The summed E-state index contributed by atoms with van der Waals surface area (Å²) in [6, 6.07) is 6.88. The molecule has 0 bridgehead atoms. The molecule has 0 saturated heterocycles. The Morgan fingerprint density at radius 1 is 1.31 bits per heavy atom. The average molecular weight is 395 g/mol. The van der Waals surface area contributed by atoms with Gasteiger partial charge < -0.3 is 5.32 Å². The van der Waals surface area contributed by atoms with E-state index in [0.717, 1.165) is 10.4 Å². The van der Waals surface area contributed by atoms with E-state index in [-0.39, 0.29) is 22.1 Å². The molecule has 134 valence electrons. The monoisotopic (exact) mass is 394 g/mol. The molecule has 1 amide bonds. The molecule has 10 heteroatoms. The van der Waals surface area contributed by atoms with E-state index in [2.05, 4.69) is 14.7 Å². The number of benzene rings is 1. The van der Waals surface area contributed by atoms with Crippen LogP contribution < -0.4 is 5.32 Å². The molecule has 0 fully saturated rings. The van der Waals surface area contributed by atoms with Crippen molar-refractivity contribution in [3.05, 3.63) is 70.9 Å². The number of pyridine rings is 1. The molecular formula is C16H12ClFN4O3S. The second kappa shape index (κ2) is 6.85. The average Bonchev–Trinajstić information content (AvgIpc) is 2.61. The van der Waals surface area contributed by atoms with Gasteiger partial charge in [0, 0.05) is 30.7 Å². The first-order chi connectivity index (χ1) is 12.3. The second-order valence-corrected chi connectivity index (χ2v) is 7.31. The van der Waals surface area contributed by atoms with Crippen molar-refractivity contribution in [3.63, 3.8) is 0 Å². The highest BCUT2D eigenvalue weighted by molar-refractivity contribution is 7.88. The zero-order valence-electron chi connectivity index (χ0n) is 13.3. The number of carbonyl (C=O) groups excluding carboxylic acids is 1. The van der Waals surface area contributed by atoms with Crippen LogP contribution in [-0.2, 0) is 15.0 Å². The van der Waals surface area contributed by atoms with E-state index in [1.54, 1.807) is 12.1 Å². The zero-order valence-corrected chi connectivity index (χ0v) is 14.9. The van der Waals surface area contributed by atoms with Crippen molar-refractivity contribution in [1.29, 1.82) is 0 Å². The fourth-order valence-corrected chi connectivity index (χ4v) is 3.28. The first-order valence-corrected chi connectivity index (χ1v) is 9.03. The number of carbonyl (C=O) groups is 1. The molecule has 3 rings (SSSR count). The van der Waals surface area contributed by atoms with Crippen LogP contribution in [0.1, 0.15) is 5.56 Å². The number of rotatable bonds is 3. The van der Waals surface area contributed by atoms with Crippen LogP contribution in [0.15, 0.2) is 58.9 Å². The molecule has 7 nitrogen and oxygen atoms in total. The summed E-state index contributed by atoms with van der Waals surface area (Å²) in [5, 5.41) is 2.32. The lowest BCUT2D eigenvalue weighted by atomic mass is 10.1. The van der Waals surface area contributed by atoms with Crippen LogP contribution in [0.2, 0.25) is 5.02 Å². The predicted molar refractivity (Wildman–Crippen MR) is 95.6 cm³/mol. The first kappa shape index (κ1) is 18.0. The third-order valence-corrected chi connectivity index (χ3v) is 5.15. The molecule has 0 aliphatic carbocycles. The number of aromatic nitrogens is 1. The highest BCUT2D eigenvalue weighted by Gasteiger charge is 2.30. The van der Waals surface area contributed by atoms with Crippen molar-refractivity contribution in [3.8, 4) is 0 Å². The lowest BCUT2D eigenvalue weighted by molar-refractivity contribution is -0.113. The minimum absolute atomic E-state index is 0.0819. The summed E-state index contributed by atoms with van der Waals surface area (Å²) in [4.78, 5) is 16.5. The van der Waals surface area contributed by atoms with Gasteiger partial charge in [-0.2, -0.15) is 8.42 Å². The second-order valence-electron chi connectivity index (χ2n) is 5.28. The molecule has 0 unspecified atom stereocenters. The fraction of sp³-hybridized carbons (Fsp3) is 0.0625. The molecule has 1 aromatic carbocycles. The van der Waals surface area contributed by atoms with Gasteiger partial charge >= 0.3 is 10.2 Å². The molecule has 1 aromatic heterocycles. The Hall–Kier alpha value is -2.78. The van der Waals surface area contributed by atoms with Crippen molar-refractivity contribution in [2.45, 2.75) is 0 Å². The van der Waals surface area contributed by atoms with Crippen molar-refractivity contribution >= 4 is 39.1 Å². The van der Waals surface area contributed by atoms with E-state index in [4.69, 9.17) is 11.6 Å². The Morgan fingerprint density at radius 3 is 2.73 bits per heavy atom. The Bertz CT molecular complexity index is 1040.